The molecule has 1 unspecified atom stereocenters. The molecule has 1 aliphatic rings. The lowest BCUT2D eigenvalue weighted by molar-refractivity contribution is 0.0645. The van der Waals surface area contributed by atoms with E-state index in [2.05, 4.69) is 16.9 Å². The summed E-state index contributed by atoms with van der Waals surface area (Å²) in [6.45, 7) is 2.03. The molecule has 98 valence electrons. The van der Waals surface area contributed by atoms with E-state index in [4.69, 9.17) is 5.73 Å². The molecule has 2 heterocycles. The molecule has 1 aliphatic heterocycles. The molecular weight excluding hydrogens is 228 g/mol. The maximum Gasteiger partial charge on any atom is 0.256 e. The van der Waals surface area contributed by atoms with Gasteiger partial charge in [-0.25, -0.2) is 0 Å². The van der Waals surface area contributed by atoms with Gasteiger partial charge in [0, 0.05) is 25.8 Å². The van der Waals surface area contributed by atoms with Crippen molar-refractivity contribution < 1.29 is 4.79 Å². The molecule has 2 N–H and O–H groups in total. The standard InChI is InChI=1S/C13H20N4O/c1-16-7-3-4-10(9-16)17(2)13(18)11-5-6-15-8-12(11)14/h5-6,8,10H,3-4,7,9,14H2,1-2H3. The summed E-state index contributed by atoms with van der Waals surface area (Å²) in [6, 6.07) is 1.95. The third-order valence-electron chi connectivity index (χ3n) is 3.55. The number of amides is 1. The minimum atomic E-state index is -0.0183. The second-order valence-corrected chi connectivity index (χ2v) is 4.94. The highest BCUT2D eigenvalue weighted by atomic mass is 16.2. The van der Waals surface area contributed by atoms with Crippen molar-refractivity contribution in [2.75, 3.05) is 32.9 Å². The SMILES string of the molecule is CN1CCCC(N(C)C(=O)c2ccncc2N)C1. The summed E-state index contributed by atoms with van der Waals surface area (Å²) in [6.07, 6.45) is 5.31. The van der Waals surface area contributed by atoms with Gasteiger partial charge in [-0.1, -0.05) is 0 Å². The summed E-state index contributed by atoms with van der Waals surface area (Å²) in [5.41, 5.74) is 6.78. The van der Waals surface area contributed by atoms with E-state index in [1.165, 1.54) is 6.20 Å². The largest absolute Gasteiger partial charge is 0.397 e. The zero-order valence-electron chi connectivity index (χ0n) is 11.0. The van der Waals surface area contributed by atoms with Crippen molar-refractivity contribution in [3.63, 3.8) is 0 Å². The Morgan fingerprint density at radius 2 is 2.39 bits per heavy atom. The van der Waals surface area contributed by atoms with Gasteiger partial charge in [0.1, 0.15) is 0 Å². The smallest absolute Gasteiger partial charge is 0.256 e. The van der Waals surface area contributed by atoms with Crippen LogP contribution in [0.1, 0.15) is 23.2 Å². The van der Waals surface area contributed by atoms with Gasteiger partial charge in [0.25, 0.3) is 5.91 Å². The average molecular weight is 248 g/mol. The fourth-order valence-corrected chi connectivity index (χ4v) is 2.41. The van der Waals surface area contributed by atoms with Crippen molar-refractivity contribution in [2.45, 2.75) is 18.9 Å². The molecule has 1 atom stereocenters. The molecule has 0 spiro atoms. The number of nitrogen functional groups attached to an aromatic ring is 1. The van der Waals surface area contributed by atoms with Crippen molar-refractivity contribution in [1.82, 2.24) is 14.8 Å². The number of hydrogen-bond donors (Lipinski definition) is 1. The Kier molecular flexibility index (Phi) is 3.81. The third kappa shape index (κ3) is 2.61. The quantitative estimate of drug-likeness (QED) is 0.842. The van der Waals surface area contributed by atoms with E-state index in [0.717, 1.165) is 25.9 Å². The van der Waals surface area contributed by atoms with E-state index in [0.29, 0.717) is 11.3 Å². The van der Waals surface area contributed by atoms with Crippen molar-refractivity contribution >= 4 is 11.6 Å². The number of nitrogens with two attached hydrogens (primary N) is 1. The lowest BCUT2D eigenvalue weighted by atomic mass is 10.0. The number of piperidine rings is 1. The number of rotatable bonds is 2. The normalized spacial score (nSPS) is 20.7. The number of likely N-dealkylation sites (tertiary alicyclic amines) is 1. The molecular formula is C13H20N4O. The van der Waals surface area contributed by atoms with Crippen LogP contribution in [0.2, 0.25) is 0 Å². The Bertz CT molecular complexity index is 435. The molecule has 5 heteroatoms. The van der Waals surface area contributed by atoms with Crippen LogP contribution >= 0.6 is 0 Å². The maximum atomic E-state index is 12.4. The number of carbonyl (C=O) groups excluding carboxylic acids is 1. The van der Waals surface area contributed by atoms with Crippen LogP contribution in [0.4, 0.5) is 5.69 Å². The highest BCUT2D eigenvalue weighted by Crippen LogP contribution is 2.18. The molecule has 1 aromatic heterocycles. The van der Waals surface area contributed by atoms with Crippen molar-refractivity contribution in [2.24, 2.45) is 0 Å². The molecule has 0 aliphatic carbocycles. The van der Waals surface area contributed by atoms with Crippen LogP contribution in [-0.4, -0.2) is 53.9 Å². The zero-order valence-corrected chi connectivity index (χ0v) is 11.0. The predicted molar refractivity (Wildman–Crippen MR) is 71.3 cm³/mol. The first-order valence-electron chi connectivity index (χ1n) is 6.25. The van der Waals surface area contributed by atoms with Crippen LogP contribution in [0.3, 0.4) is 0 Å². The van der Waals surface area contributed by atoms with E-state index in [1.54, 1.807) is 17.2 Å². The molecule has 2 rings (SSSR count). The van der Waals surface area contributed by atoms with Crippen LogP contribution in [0.25, 0.3) is 0 Å². The Morgan fingerprint density at radius 3 is 3.06 bits per heavy atom. The van der Waals surface area contributed by atoms with Crippen LogP contribution < -0.4 is 5.73 Å². The van der Waals surface area contributed by atoms with E-state index >= 15 is 0 Å². The monoisotopic (exact) mass is 248 g/mol. The van der Waals surface area contributed by atoms with Gasteiger partial charge >= 0.3 is 0 Å². The lowest BCUT2D eigenvalue weighted by Gasteiger charge is -2.36. The van der Waals surface area contributed by atoms with Crippen molar-refractivity contribution in [1.29, 1.82) is 0 Å². The maximum absolute atomic E-state index is 12.4. The van der Waals surface area contributed by atoms with E-state index in [-0.39, 0.29) is 11.9 Å². The number of hydrogen-bond acceptors (Lipinski definition) is 4. The number of aromatic nitrogens is 1. The Balaban J connectivity index is 2.11. The van der Waals surface area contributed by atoms with Gasteiger partial charge < -0.3 is 15.5 Å². The summed E-state index contributed by atoms with van der Waals surface area (Å²) in [5, 5.41) is 0. The van der Waals surface area contributed by atoms with Gasteiger partial charge in [-0.15, -0.1) is 0 Å². The van der Waals surface area contributed by atoms with Crippen LogP contribution in [0.15, 0.2) is 18.5 Å². The highest BCUT2D eigenvalue weighted by Gasteiger charge is 2.25. The number of anilines is 1. The molecule has 1 saturated heterocycles. The molecule has 1 fully saturated rings. The summed E-state index contributed by atoms with van der Waals surface area (Å²) in [5.74, 6) is -0.0183. The summed E-state index contributed by atoms with van der Waals surface area (Å²) < 4.78 is 0. The molecule has 0 radical (unpaired) electrons. The number of nitrogens with zero attached hydrogens (tertiary/aromatic N) is 3. The summed E-state index contributed by atoms with van der Waals surface area (Å²) >= 11 is 0. The molecule has 0 aromatic carbocycles. The lowest BCUT2D eigenvalue weighted by Crippen LogP contribution is -2.47. The van der Waals surface area contributed by atoms with Crippen molar-refractivity contribution in [3.8, 4) is 0 Å². The van der Waals surface area contributed by atoms with Gasteiger partial charge in [-0.3, -0.25) is 9.78 Å². The number of carbonyl (C=O) groups is 1. The molecule has 18 heavy (non-hydrogen) atoms. The second-order valence-electron chi connectivity index (χ2n) is 4.94. The zero-order chi connectivity index (χ0) is 13.1. The van der Waals surface area contributed by atoms with Gasteiger partial charge in [0.05, 0.1) is 17.4 Å². The Hall–Kier alpha value is -1.62. The minimum Gasteiger partial charge on any atom is -0.397 e. The van der Waals surface area contributed by atoms with Crippen LogP contribution in [0.5, 0.6) is 0 Å². The van der Waals surface area contributed by atoms with Gasteiger partial charge in [0.2, 0.25) is 0 Å². The molecule has 5 nitrogen and oxygen atoms in total. The number of pyridine rings is 1. The molecule has 1 aromatic rings. The first-order chi connectivity index (χ1) is 8.59. The first-order valence-corrected chi connectivity index (χ1v) is 6.25. The highest BCUT2D eigenvalue weighted by molar-refractivity contribution is 5.98. The fourth-order valence-electron chi connectivity index (χ4n) is 2.41. The minimum absolute atomic E-state index is 0.0183. The predicted octanol–water partition coefficient (Wildman–Crippen LogP) is 0.830. The molecule has 0 saturated carbocycles. The topological polar surface area (TPSA) is 62.5 Å². The summed E-state index contributed by atoms with van der Waals surface area (Å²) in [7, 11) is 3.94. The number of likely N-dealkylation sites (N-methyl/N-ethyl adjacent to an activating group) is 2. The van der Waals surface area contributed by atoms with E-state index < -0.39 is 0 Å². The Labute approximate surface area is 108 Å². The first kappa shape index (κ1) is 12.8. The van der Waals surface area contributed by atoms with Gasteiger partial charge in [0.15, 0.2) is 0 Å². The average Bonchev–Trinajstić information content (AvgIpc) is 2.37. The van der Waals surface area contributed by atoms with E-state index in [9.17, 15) is 4.79 Å². The molecule has 0 bridgehead atoms. The van der Waals surface area contributed by atoms with Crippen molar-refractivity contribution in [3.05, 3.63) is 24.0 Å². The van der Waals surface area contributed by atoms with Gasteiger partial charge in [-0.2, -0.15) is 0 Å². The van der Waals surface area contributed by atoms with Gasteiger partial charge in [-0.05, 0) is 32.5 Å². The second kappa shape index (κ2) is 5.35. The summed E-state index contributed by atoms with van der Waals surface area (Å²) in [4.78, 5) is 20.3. The fraction of sp³-hybridized carbons (Fsp3) is 0.538. The van der Waals surface area contributed by atoms with Crippen LogP contribution in [0, 0.1) is 0 Å². The molecule has 1 amide bonds. The van der Waals surface area contributed by atoms with Crippen LogP contribution in [-0.2, 0) is 0 Å². The third-order valence-corrected chi connectivity index (χ3v) is 3.55. The van der Waals surface area contributed by atoms with E-state index in [1.807, 2.05) is 7.05 Å². The Morgan fingerprint density at radius 1 is 1.61 bits per heavy atom.